The highest BCUT2D eigenvalue weighted by molar-refractivity contribution is 7.89. The van der Waals surface area contributed by atoms with Crippen molar-refractivity contribution in [1.29, 1.82) is 0 Å². The highest BCUT2D eigenvalue weighted by Gasteiger charge is 2.26. The van der Waals surface area contributed by atoms with Crippen LogP contribution in [0, 0.1) is 5.82 Å². The zero-order chi connectivity index (χ0) is 20.4. The Bertz CT molecular complexity index is 1170. The largest absolute Gasteiger partial charge is 0.437 e. The summed E-state index contributed by atoms with van der Waals surface area (Å²) in [5.41, 5.74) is 1.05. The molecule has 4 rings (SSSR count). The minimum Gasteiger partial charge on any atom is -0.388 e. The van der Waals surface area contributed by atoms with E-state index in [9.17, 15) is 17.6 Å². The van der Waals surface area contributed by atoms with Crippen molar-refractivity contribution >= 4 is 10.0 Å². The summed E-state index contributed by atoms with van der Waals surface area (Å²) in [4.78, 5) is 12.3. The van der Waals surface area contributed by atoms with Crippen molar-refractivity contribution in [3.8, 4) is 11.5 Å². The molecule has 1 aliphatic heterocycles. The molecule has 2 heterocycles. The van der Waals surface area contributed by atoms with Crippen molar-refractivity contribution in [2.75, 3.05) is 26.3 Å². The van der Waals surface area contributed by atoms with Crippen LogP contribution in [0.5, 0.6) is 0 Å². The molecule has 0 saturated carbocycles. The van der Waals surface area contributed by atoms with Gasteiger partial charge < -0.3 is 9.15 Å². The third-order valence-corrected chi connectivity index (χ3v) is 6.43. The second-order valence-corrected chi connectivity index (χ2v) is 8.44. The maximum Gasteiger partial charge on any atom is 0.437 e. The topological polar surface area (TPSA) is 94.6 Å². The van der Waals surface area contributed by atoms with Gasteiger partial charge in [0.1, 0.15) is 5.82 Å². The number of aromatic nitrogens is 2. The molecule has 1 aliphatic rings. The lowest BCUT2D eigenvalue weighted by Crippen LogP contribution is -2.40. The van der Waals surface area contributed by atoms with E-state index >= 15 is 0 Å². The quantitative estimate of drug-likeness (QED) is 0.625. The van der Waals surface area contributed by atoms with Gasteiger partial charge in [-0.05, 0) is 42.0 Å². The predicted molar refractivity (Wildman–Crippen MR) is 101 cm³/mol. The van der Waals surface area contributed by atoms with E-state index in [1.165, 1.54) is 40.7 Å². The van der Waals surface area contributed by atoms with Crippen LogP contribution >= 0.6 is 0 Å². The number of hydrogen-bond acceptors (Lipinski definition) is 6. The van der Waals surface area contributed by atoms with Gasteiger partial charge in [0, 0.05) is 18.7 Å². The highest BCUT2D eigenvalue weighted by atomic mass is 32.2. The summed E-state index contributed by atoms with van der Waals surface area (Å²) in [6.45, 7) is 1.36. The van der Waals surface area contributed by atoms with Crippen LogP contribution in [0.15, 0.2) is 62.6 Å². The smallest absolute Gasteiger partial charge is 0.388 e. The number of hydrogen-bond donors (Lipinski definition) is 0. The molecular weight excluding hydrogens is 401 g/mol. The van der Waals surface area contributed by atoms with Crippen molar-refractivity contribution in [3.05, 3.63) is 70.5 Å². The summed E-state index contributed by atoms with van der Waals surface area (Å²) in [7, 11) is -3.64. The number of nitrogens with zero attached hydrogens (tertiary/aromatic N) is 3. The van der Waals surface area contributed by atoms with Gasteiger partial charge in [-0.15, -0.1) is 5.10 Å². The van der Waals surface area contributed by atoms with Crippen LogP contribution in [0.2, 0.25) is 0 Å². The number of morpholine rings is 1. The molecule has 0 spiro atoms. The van der Waals surface area contributed by atoms with E-state index in [4.69, 9.17) is 9.15 Å². The van der Waals surface area contributed by atoms with Gasteiger partial charge in [-0.2, -0.15) is 8.99 Å². The van der Waals surface area contributed by atoms with Crippen LogP contribution in [-0.2, 0) is 21.3 Å². The van der Waals surface area contributed by atoms with Gasteiger partial charge in [0.05, 0.1) is 24.7 Å². The zero-order valence-corrected chi connectivity index (χ0v) is 16.1. The molecule has 1 aromatic heterocycles. The van der Waals surface area contributed by atoms with E-state index in [1.54, 1.807) is 12.1 Å². The minimum atomic E-state index is -3.64. The molecule has 3 aromatic rings. The fourth-order valence-corrected chi connectivity index (χ4v) is 4.51. The molecule has 0 aliphatic carbocycles. The summed E-state index contributed by atoms with van der Waals surface area (Å²) in [5.74, 6) is -1.04. The van der Waals surface area contributed by atoms with Gasteiger partial charge in [-0.3, -0.25) is 0 Å². The molecule has 0 bridgehead atoms. The third kappa shape index (κ3) is 4.14. The van der Waals surface area contributed by atoms with Crippen LogP contribution in [0.1, 0.15) is 5.56 Å². The first-order chi connectivity index (χ1) is 13.9. The number of halogens is 1. The van der Waals surface area contributed by atoms with Gasteiger partial charge in [-0.25, -0.2) is 17.6 Å². The van der Waals surface area contributed by atoms with Gasteiger partial charge in [0.15, 0.2) is 0 Å². The Morgan fingerprint density at radius 3 is 2.52 bits per heavy atom. The summed E-state index contributed by atoms with van der Waals surface area (Å²) in [6.07, 6.45) is 0. The van der Waals surface area contributed by atoms with Crippen LogP contribution in [0.25, 0.3) is 11.5 Å². The van der Waals surface area contributed by atoms with E-state index in [-0.39, 0.29) is 17.3 Å². The first-order valence-corrected chi connectivity index (χ1v) is 10.4. The minimum absolute atomic E-state index is 0.0377. The second-order valence-electron chi connectivity index (χ2n) is 6.50. The molecule has 0 amide bonds. The Morgan fingerprint density at radius 2 is 1.79 bits per heavy atom. The highest BCUT2D eigenvalue weighted by Crippen LogP contribution is 2.19. The molecule has 0 radical (unpaired) electrons. The fraction of sp³-hybridized carbons (Fsp3) is 0.263. The number of sulfonamides is 1. The lowest BCUT2D eigenvalue weighted by molar-refractivity contribution is 0.0730. The Balaban J connectivity index is 1.58. The SMILES string of the molecule is O=c1oc(-c2ccc(F)cc2)nn1Cc1cccc(S(=O)(=O)N2CCOCC2)c1. The molecule has 10 heteroatoms. The zero-order valence-electron chi connectivity index (χ0n) is 15.3. The summed E-state index contributed by atoms with van der Waals surface area (Å²) < 4.78 is 51.5. The Labute approximate surface area is 166 Å². The fourth-order valence-electron chi connectivity index (χ4n) is 3.03. The number of ether oxygens (including phenoxy) is 1. The second kappa shape index (κ2) is 7.90. The first kappa shape index (κ1) is 19.5. The Hall–Kier alpha value is -2.82. The van der Waals surface area contributed by atoms with E-state index < -0.39 is 21.6 Å². The van der Waals surface area contributed by atoms with Crippen LogP contribution in [0.3, 0.4) is 0 Å². The van der Waals surface area contributed by atoms with Gasteiger partial charge in [-0.1, -0.05) is 12.1 Å². The Morgan fingerprint density at radius 1 is 1.07 bits per heavy atom. The van der Waals surface area contributed by atoms with Crippen LogP contribution < -0.4 is 5.76 Å². The van der Waals surface area contributed by atoms with Crippen molar-refractivity contribution in [2.24, 2.45) is 0 Å². The molecule has 0 atom stereocenters. The van der Waals surface area contributed by atoms with Gasteiger partial charge in [0.2, 0.25) is 15.9 Å². The predicted octanol–water partition coefficient (Wildman–Crippen LogP) is 1.71. The average molecular weight is 419 g/mol. The first-order valence-electron chi connectivity index (χ1n) is 8.94. The molecule has 1 fully saturated rings. The number of benzene rings is 2. The normalized spacial score (nSPS) is 15.5. The van der Waals surface area contributed by atoms with Crippen molar-refractivity contribution in [2.45, 2.75) is 11.4 Å². The van der Waals surface area contributed by atoms with Gasteiger partial charge in [0.25, 0.3) is 0 Å². The number of rotatable bonds is 5. The molecule has 0 unspecified atom stereocenters. The maximum absolute atomic E-state index is 13.1. The van der Waals surface area contributed by atoms with Crippen molar-refractivity contribution in [3.63, 3.8) is 0 Å². The lowest BCUT2D eigenvalue weighted by atomic mass is 10.2. The summed E-state index contributed by atoms with van der Waals surface area (Å²) >= 11 is 0. The van der Waals surface area contributed by atoms with E-state index in [0.29, 0.717) is 37.4 Å². The third-order valence-electron chi connectivity index (χ3n) is 4.54. The molecule has 29 heavy (non-hydrogen) atoms. The van der Waals surface area contributed by atoms with Gasteiger partial charge >= 0.3 is 5.76 Å². The Kier molecular flexibility index (Phi) is 5.31. The molecule has 152 valence electrons. The van der Waals surface area contributed by atoms with E-state index in [2.05, 4.69) is 5.10 Å². The molecular formula is C19H18FN3O5S. The van der Waals surface area contributed by atoms with Crippen LogP contribution in [-0.4, -0.2) is 48.8 Å². The summed E-state index contributed by atoms with van der Waals surface area (Å²) in [5, 5.41) is 4.13. The molecule has 8 nitrogen and oxygen atoms in total. The van der Waals surface area contributed by atoms with Crippen molar-refractivity contribution in [1.82, 2.24) is 14.1 Å². The molecule has 1 saturated heterocycles. The van der Waals surface area contributed by atoms with E-state index in [1.807, 2.05) is 0 Å². The lowest BCUT2D eigenvalue weighted by Gasteiger charge is -2.26. The standard InChI is InChI=1S/C19H18FN3O5S/c20-16-6-4-15(5-7-16)18-21-23(19(24)28-18)13-14-2-1-3-17(12-14)29(25,26)22-8-10-27-11-9-22/h1-7,12H,8-11,13H2. The van der Waals surface area contributed by atoms with Crippen molar-refractivity contribution < 1.29 is 22.0 Å². The molecule has 2 aromatic carbocycles. The van der Waals surface area contributed by atoms with E-state index in [0.717, 1.165) is 4.68 Å². The molecule has 0 N–H and O–H groups in total. The van der Waals surface area contributed by atoms with Crippen LogP contribution in [0.4, 0.5) is 4.39 Å². The average Bonchev–Trinajstić information content (AvgIpc) is 3.09. The monoisotopic (exact) mass is 419 g/mol. The summed E-state index contributed by atoms with van der Waals surface area (Å²) in [6, 6.07) is 11.8. The maximum atomic E-state index is 13.1.